The largest absolute Gasteiger partial charge is 0.396 e. The monoisotopic (exact) mass is 407 g/mol. The highest BCUT2D eigenvalue weighted by molar-refractivity contribution is 5.15. The van der Waals surface area contributed by atoms with E-state index in [-0.39, 0.29) is 29.5 Å². The van der Waals surface area contributed by atoms with Gasteiger partial charge in [-0.05, 0) is 102 Å². The molecule has 168 valence electrons. The fourth-order valence-electron chi connectivity index (χ4n) is 7.86. The maximum absolute atomic E-state index is 9.43. The van der Waals surface area contributed by atoms with Crippen LogP contribution in [0.3, 0.4) is 0 Å². The fraction of sp³-hybridized carbons (Fsp3) is 1.00. The molecule has 0 spiro atoms. The zero-order valence-electron chi connectivity index (χ0n) is 18.8. The summed E-state index contributed by atoms with van der Waals surface area (Å²) >= 11 is 0. The fourth-order valence-corrected chi connectivity index (χ4v) is 7.86. The molecule has 5 rings (SSSR count). The topological polar surface area (TPSA) is 93.5 Å². The number of hydrogen-bond donors (Lipinski definition) is 4. The Morgan fingerprint density at radius 3 is 2.62 bits per heavy atom. The van der Waals surface area contributed by atoms with E-state index in [2.05, 4.69) is 19.2 Å². The van der Waals surface area contributed by atoms with E-state index in [1.165, 1.54) is 51.4 Å². The zero-order chi connectivity index (χ0) is 20.7. The molecule has 2 unspecified atom stereocenters. The van der Waals surface area contributed by atoms with Crippen molar-refractivity contribution in [1.29, 1.82) is 0 Å². The molecule has 6 N–H and O–H groups in total. The van der Waals surface area contributed by atoms with Gasteiger partial charge in [-0.15, -0.1) is 0 Å². The van der Waals surface area contributed by atoms with Gasteiger partial charge in [0.1, 0.15) is 0 Å². The minimum atomic E-state index is -0.181. The van der Waals surface area contributed by atoms with Crippen LogP contribution in [-0.2, 0) is 4.74 Å². The van der Waals surface area contributed by atoms with E-state index in [0.29, 0.717) is 11.8 Å². The van der Waals surface area contributed by atoms with Crippen LogP contribution in [0.15, 0.2) is 0 Å². The zero-order valence-corrected chi connectivity index (χ0v) is 18.8. The molecule has 0 amide bonds. The lowest BCUT2D eigenvalue weighted by atomic mass is 9.53. The van der Waals surface area contributed by atoms with Crippen molar-refractivity contribution in [2.24, 2.45) is 35.1 Å². The van der Waals surface area contributed by atoms with Crippen LogP contribution in [0.4, 0.5) is 0 Å². The minimum absolute atomic E-state index is 0.0473. The molecule has 5 heteroatoms. The van der Waals surface area contributed by atoms with Gasteiger partial charge in [0.2, 0.25) is 0 Å². The molecule has 5 aliphatic rings. The first-order valence-corrected chi connectivity index (χ1v) is 12.4. The van der Waals surface area contributed by atoms with Crippen molar-refractivity contribution < 1.29 is 9.84 Å². The van der Waals surface area contributed by atoms with E-state index in [1.807, 2.05) is 0 Å². The average Bonchev–Trinajstić information content (AvgIpc) is 2.68. The van der Waals surface area contributed by atoms with Gasteiger partial charge < -0.3 is 26.6 Å². The van der Waals surface area contributed by atoms with Crippen LogP contribution in [0.1, 0.15) is 90.9 Å². The Morgan fingerprint density at radius 1 is 1.10 bits per heavy atom. The Balaban J connectivity index is 1.45. The molecule has 2 bridgehead atoms. The summed E-state index contributed by atoms with van der Waals surface area (Å²) in [6.07, 6.45) is 14.3. The van der Waals surface area contributed by atoms with Crippen molar-refractivity contribution in [3.63, 3.8) is 0 Å². The number of ether oxygens (including phenoxy) is 1. The van der Waals surface area contributed by atoms with E-state index >= 15 is 0 Å². The first kappa shape index (κ1) is 22.0. The summed E-state index contributed by atoms with van der Waals surface area (Å²) in [5.74, 6) is 2.65. The number of nitrogens with two attached hydrogens (primary N) is 2. The second-order valence-electron chi connectivity index (χ2n) is 11.5. The van der Waals surface area contributed by atoms with E-state index in [1.54, 1.807) is 0 Å². The molecule has 5 fully saturated rings. The summed E-state index contributed by atoms with van der Waals surface area (Å²) in [6, 6.07) is 0. The van der Waals surface area contributed by atoms with Crippen LogP contribution in [0.25, 0.3) is 0 Å². The minimum Gasteiger partial charge on any atom is -0.396 e. The summed E-state index contributed by atoms with van der Waals surface area (Å²) in [7, 11) is 0. The van der Waals surface area contributed by atoms with Gasteiger partial charge in [0.15, 0.2) is 0 Å². The second kappa shape index (κ2) is 8.38. The van der Waals surface area contributed by atoms with Crippen molar-refractivity contribution in [2.45, 2.75) is 114 Å². The van der Waals surface area contributed by atoms with Crippen molar-refractivity contribution in [3.05, 3.63) is 0 Å². The maximum atomic E-state index is 9.43. The van der Waals surface area contributed by atoms with Gasteiger partial charge in [0.05, 0.1) is 17.4 Å². The van der Waals surface area contributed by atoms with Crippen LogP contribution >= 0.6 is 0 Å². The van der Waals surface area contributed by atoms with E-state index in [9.17, 15) is 5.11 Å². The predicted molar refractivity (Wildman–Crippen MR) is 117 cm³/mol. The Hall–Kier alpha value is -0.200. The second-order valence-corrected chi connectivity index (χ2v) is 11.5. The summed E-state index contributed by atoms with van der Waals surface area (Å²) in [4.78, 5) is 0. The molecule has 0 aromatic carbocycles. The van der Waals surface area contributed by atoms with Gasteiger partial charge in [0, 0.05) is 18.1 Å². The van der Waals surface area contributed by atoms with Crippen molar-refractivity contribution in [3.8, 4) is 0 Å². The molecule has 0 aromatic heterocycles. The Labute approximate surface area is 177 Å². The molecule has 0 aromatic rings. The molecular weight excluding hydrogens is 362 g/mol. The Kier molecular flexibility index (Phi) is 6.36. The van der Waals surface area contributed by atoms with Gasteiger partial charge >= 0.3 is 0 Å². The molecule has 3 saturated heterocycles. The number of hydrogen-bond acceptors (Lipinski definition) is 5. The third-order valence-corrected chi connectivity index (χ3v) is 9.03. The molecule has 3 heterocycles. The number of nitrogens with one attached hydrogen (secondary N) is 1. The van der Waals surface area contributed by atoms with Crippen molar-refractivity contribution >= 4 is 0 Å². The highest BCUT2D eigenvalue weighted by Crippen LogP contribution is 2.59. The molecule has 0 radical (unpaired) electrons. The quantitative estimate of drug-likeness (QED) is 0.542. The lowest BCUT2D eigenvalue weighted by molar-refractivity contribution is -0.287. The highest BCUT2D eigenvalue weighted by Gasteiger charge is 2.62. The molecule has 5 nitrogen and oxygen atoms in total. The first-order valence-electron chi connectivity index (χ1n) is 12.4. The normalized spacial score (nSPS) is 47.3. The van der Waals surface area contributed by atoms with Crippen molar-refractivity contribution in [1.82, 2.24) is 5.32 Å². The van der Waals surface area contributed by atoms with E-state index < -0.39 is 0 Å². The third-order valence-electron chi connectivity index (χ3n) is 9.03. The van der Waals surface area contributed by atoms with Crippen LogP contribution in [0.2, 0.25) is 0 Å². The third kappa shape index (κ3) is 4.41. The van der Waals surface area contributed by atoms with Gasteiger partial charge in [-0.3, -0.25) is 0 Å². The summed E-state index contributed by atoms with van der Waals surface area (Å²) in [5, 5.41) is 12.9. The van der Waals surface area contributed by atoms with Gasteiger partial charge in [-0.2, -0.15) is 0 Å². The first-order chi connectivity index (χ1) is 13.8. The number of fused-ring (bicyclic) bond motifs is 3. The SMILES string of the molecule is CC1(C)O[C@@]2([C@@H]3CCC[C@H](CC4CCC(N)NC4)C3)CC[C@H]1[C@](N)(CCCO)C2. The summed E-state index contributed by atoms with van der Waals surface area (Å²) in [5.41, 5.74) is 12.7. The molecular formula is C24H45N3O2. The highest BCUT2D eigenvalue weighted by atomic mass is 16.5. The average molecular weight is 408 g/mol. The van der Waals surface area contributed by atoms with Gasteiger partial charge in [0.25, 0.3) is 0 Å². The number of rotatable bonds is 6. The molecule has 29 heavy (non-hydrogen) atoms. The lowest BCUT2D eigenvalue weighted by Gasteiger charge is -2.65. The van der Waals surface area contributed by atoms with E-state index in [0.717, 1.165) is 44.1 Å². The molecule has 7 atom stereocenters. The van der Waals surface area contributed by atoms with Gasteiger partial charge in [-0.1, -0.05) is 12.8 Å². The predicted octanol–water partition coefficient (Wildman–Crippen LogP) is 3.29. The number of aliphatic hydroxyl groups excluding tert-OH is 1. The molecule has 2 aliphatic carbocycles. The standard InChI is InChI=1S/C24H45N3O2/c1-22(2)20-9-11-24(29-22,16-23(20,26)10-4-12-28)19-6-3-5-17(14-19)13-18-7-8-21(25)27-15-18/h17-21,27-28H,3-16,25-26H2,1-2H3/t17-,18?,19-,20-,21?,23+,24+/m1/s1. The summed E-state index contributed by atoms with van der Waals surface area (Å²) in [6.45, 7) is 5.86. The van der Waals surface area contributed by atoms with E-state index in [4.69, 9.17) is 16.2 Å². The smallest absolute Gasteiger partial charge is 0.0735 e. The molecule has 2 saturated carbocycles. The van der Waals surface area contributed by atoms with Crippen LogP contribution in [0.5, 0.6) is 0 Å². The van der Waals surface area contributed by atoms with Crippen molar-refractivity contribution in [2.75, 3.05) is 13.2 Å². The molecule has 3 aliphatic heterocycles. The maximum Gasteiger partial charge on any atom is 0.0735 e. The van der Waals surface area contributed by atoms with Crippen LogP contribution in [0, 0.1) is 23.7 Å². The van der Waals surface area contributed by atoms with Crippen LogP contribution in [-0.4, -0.2) is 41.2 Å². The Morgan fingerprint density at radius 2 is 1.93 bits per heavy atom. The lowest BCUT2D eigenvalue weighted by Crippen LogP contribution is -2.72. The van der Waals surface area contributed by atoms with Crippen LogP contribution < -0.4 is 16.8 Å². The Bertz CT molecular complexity index is 562. The van der Waals surface area contributed by atoms with Gasteiger partial charge in [-0.25, -0.2) is 0 Å². The number of piperidine rings is 1. The number of aliphatic hydroxyl groups is 1. The summed E-state index contributed by atoms with van der Waals surface area (Å²) < 4.78 is 6.96.